The summed E-state index contributed by atoms with van der Waals surface area (Å²) in [6.07, 6.45) is 2.00. The van der Waals surface area contributed by atoms with Gasteiger partial charge in [-0.1, -0.05) is 12.1 Å². The van der Waals surface area contributed by atoms with Gasteiger partial charge in [-0.25, -0.2) is 13.4 Å². The number of anilines is 2. The molecule has 138 valence electrons. The van der Waals surface area contributed by atoms with Gasteiger partial charge in [0.1, 0.15) is 5.82 Å². The summed E-state index contributed by atoms with van der Waals surface area (Å²) in [4.78, 5) is 18.8. The first-order valence-corrected chi connectivity index (χ1v) is 10.5. The van der Waals surface area contributed by atoms with Gasteiger partial charge in [-0.2, -0.15) is 0 Å². The van der Waals surface area contributed by atoms with E-state index in [0.717, 1.165) is 18.1 Å². The molecule has 0 saturated carbocycles. The van der Waals surface area contributed by atoms with Crippen molar-refractivity contribution in [2.45, 2.75) is 26.3 Å². The number of nitrogens with one attached hydrogen (secondary N) is 1. The standard InChI is InChI=1S/C19H23N3O3S/c1-3-22(17-6-4-5-14(2)11-17)18-8-7-15(12-20-18)19(23)21-16-9-10-26(24,25)13-16/h4-8,11-12,16H,3,9-10,13H2,1-2H3,(H,21,23). The number of rotatable bonds is 5. The third kappa shape index (κ3) is 4.22. The molecule has 0 spiro atoms. The molecule has 0 bridgehead atoms. The molecular formula is C19H23N3O3S. The zero-order chi connectivity index (χ0) is 18.7. The molecule has 0 aliphatic carbocycles. The summed E-state index contributed by atoms with van der Waals surface area (Å²) in [5, 5.41) is 2.78. The predicted octanol–water partition coefficient (Wildman–Crippen LogP) is 2.46. The highest BCUT2D eigenvalue weighted by Crippen LogP contribution is 2.24. The van der Waals surface area contributed by atoms with Crippen molar-refractivity contribution in [3.8, 4) is 0 Å². The molecule has 7 heteroatoms. The normalized spacial score (nSPS) is 18.5. The molecule has 1 aromatic carbocycles. The minimum Gasteiger partial charge on any atom is -0.348 e. The number of carbonyl (C=O) groups excluding carboxylic acids is 1. The highest BCUT2D eigenvalue weighted by molar-refractivity contribution is 7.91. The van der Waals surface area contributed by atoms with Crippen LogP contribution in [0.2, 0.25) is 0 Å². The second-order valence-corrected chi connectivity index (χ2v) is 8.79. The van der Waals surface area contributed by atoms with E-state index in [1.165, 1.54) is 11.8 Å². The smallest absolute Gasteiger partial charge is 0.253 e. The summed E-state index contributed by atoms with van der Waals surface area (Å²) in [7, 11) is -3.02. The zero-order valence-electron chi connectivity index (χ0n) is 15.0. The van der Waals surface area contributed by atoms with Gasteiger partial charge < -0.3 is 10.2 Å². The van der Waals surface area contributed by atoms with Gasteiger partial charge in [0, 0.05) is 24.5 Å². The number of hydrogen-bond donors (Lipinski definition) is 1. The minimum absolute atomic E-state index is 0.0151. The molecule has 1 N–H and O–H groups in total. The van der Waals surface area contributed by atoms with Crippen LogP contribution in [-0.4, -0.2) is 43.4 Å². The summed E-state index contributed by atoms with van der Waals surface area (Å²) < 4.78 is 23.0. The largest absolute Gasteiger partial charge is 0.348 e. The van der Waals surface area contributed by atoms with Gasteiger partial charge in [0.2, 0.25) is 0 Å². The Balaban J connectivity index is 1.72. The molecule has 3 rings (SSSR count). The summed E-state index contributed by atoms with van der Waals surface area (Å²) in [6, 6.07) is 11.4. The highest BCUT2D eigenvalue weighted by atomic mass is 32.2. The number of hydrogen-bond acceptors (Lipinski definition) is 5. The zero-order valence-corrected chi connectivity index (χ0v) is 15.8. The van der Waals surface area contributed by atoms with Gasteiger partial charge in [-0.3, -0.25) is 4.79 Å². The Morgan fingerprint density at radius 3 is 2.69 bits per heavy atom. The van der Waals surface area contributed by atoms with Crippen LogP contribution in [0.4, 0.5) is 11.5 Å². The number of amides is 1. The van der Waals surface area contributed by atoms with Crippen molar-refractivity contribution in [1.82, 2.24) is 10.3 Å². The van der Waals surface area contributed by atoms with Crippen LogP contribution in [0, 0.1) is 6.92 Å². The Bertz CT molecular complexity index is 895. The Labute approximate surface area is 154 Å². The van der Waals surface area contributed by atoms with Crippen molar-refractivity contribution in [2.24, 2.45) is 0 Å². The van der Waals surface area contributed by atoms with E-state index in [2.05, 4.69) is 21.3 Å². The molecule has 1 aromatic heterocycles. The van der Waals surface area contributed by atoms with E-state index >= 15 is 0 Å². The maximum Gasteiger partial charge on any atom is 0.253 e. The van der Waals surface area contributed by atoms with Gasteiger partial charge in [0.25, 0.3) is 5.91 Å². The lowest BCUT2D eigenvalue weighted by molar-refractivity contribution is 0.0941. The lowest BCUT2D eigenvalue weighted by atomic mass is 10.2. The van der Waals surface area contributed by atoms with Crippen molar-refractivity contribution in [1.29, 1.82) is 0 Å². The van der Waals surface area contributed by atoms with Crippen LogP contribution in [0.15, 0.2) is 42.6 Å². The van der Waals surface area contributed by atoms with Crippen LogP contribution in [0.25, 0.3) is 0 Å². The van der Waals surface area contributed by atoms with Crippen molar-refractivity contribution in [3.63, 3.8) is 0 Å². The average Bonchev–Trinajstić information content (AvgIpc) is 2.95. The first kappa shape index (κ1) is 18.4. The fourth-order valence-corrected chi connectivity index (χ4v) is 4.80. The third-order valence-corrected chi connectivity index (χ3v) is 6.25. The van der Waals surface area contributed by atoms with Crippen LogP contribution in [-0.2, 0) is 9.84 Å². The molecule has 1 amide bonds. The first-order valence-electron chi connectivity index (χ1n) is 8.69. The number of aromatic nitrogens is 1. The quantitative estimate of drug-likeness (QED) is 0.871. The molecule has 1 unspecified atom stereocenters. The highest BCUT2D eigenvalue weighted by Gasteiger charge is 2.29. The number of pyridine rings is 1. The van der Waals surface area contributed by atoms with E-state index in [1.807, 2.05) is 38.1 Å². The fraction of sp³-hybridized carbons (Fsp3) is 0.368. The van der Waals surface area contributed by atoms with Gasteiger partial charge in [0.15, 0.2) is 9.84 Å². The molecule has 6 nitrogen and oxygen atoms in total. The number of sulfone groups is 1. The maximum atomic E-state index is 12.3. The van der Waals surface area contributed by atoms with E-state index in [-0.39, 0.29) is 23.5 Å². The number of carbonyl (C=O) groups is 1. The summed E-state index contributed by atoms with van der Waals surface area (Å²) >= 11 is 0. The number of nitrogens with zero attached hydrogens (tertiary/aromatic N) is 2. The van der Waals surface area contributed by atoms with Crippen LogP contribution < -0.4 is 10.2 Å². The summed E-state index contributed by atoms with van der Waals surface area (Å²) in [6.45, 7) is 4.84. The molecule has 1 saturated heterocycles. The van der Waals surface area contributed by atoms with Crippen molar-refractivity contribution in [2.75, 3.05) is 23.0 Å². The molecule has 0 radical (unpaired) electrons. The van der Waals surface area contributed by atoms with Crippen molar-refractivity contribution < 1.29 is 13.2 Å². The van der Waals surface area contributed by atoms with Crippen LogP contribution in [0.3, 0.4) is 0 Å². The summed E-state index contributed by atoms with van der Waals surface area (Å²) in [5.41, 5.74) is 2.65. The molecule has 1 aliphatic heterocycles. The SMILES string of the molecule is CCN(c1cccc(C)c1)c1ccc(C(=O)NC2CCS(=O)(=O)C2)cn1. The Morgan fingerprint density at radius 1 is 1.31 bits per heavy atom. The van der Waals surface area contributed by atoms with Gasteiger partial charge in [-0.15, -0.1) is 0 Å². The third-order valence-electron chi connectivity index (χ3n) is 4.48. The molecule has 1 atom stereocenters. The van der Waals surface area contributed by atoms with Crippen LogP contribution in [0.5, 0.6) is 0 Å². The van der Waals surface area contributed by atoms with Crippen molar-refractivity contribution in [3.05, 3.63) is 53.7 Å². The van der Waals surface area contributed by atoms with E-state index < -0.39 is 9.84 Å². The molecule has 2 aromatic rings. The summed E-state index contributed by atoms with van der Waals surface area (Å²) in [5.74, 6) is 0.626. The molecular weight excluding hydrogens is 350 g/mol. The lowest BCUT2D eigenvalue weighted by Crippen LogP contribution is -2.35. The van der Waals surface area contributed by atoms with Crippen molar-refractivity contribution >= 4 is 27.2 Å². The first-order chi connectivity index (χ1) is 12.4. The van der Waals surface area contributed by atoms with E-state index in [9.17, 15) is 13.2 Å². The molecule has 2 heterocycles. The van der Waals surface area contributed by atoms with Crippen LogP contribution >= 0.6 is 0 Å². The van der Waals surface area contributed by atoms with E-state index in [4.69, 9.17) is 0 Å². The lowest BCUT2D eigenvalue weighted by Gasteiger charge is -2.22. The maximum absolute atomic E-state index is 12.3. The van der Waals surface area contributed by atoms with E-state index in [1.54, 1.807) is 6.07 Å². The predicted molar refractivity (Wildman–Crippen MR) is 103 cm³/mol. The Kier molecular flexibility index (Phi) is 5.27. The average molecular weight is 373 g/mol. The second-order valence-electron chi connectivity index (χ2n) is 6.56. The Hall–Kier alpha value is -2.41. The van der Waals surface area contributed by atoms with Gasteiger partial charge in [-0.05, 0) is 50.1 Å². The Morgan fingerprint density at radius 2 is 2.12 bits per heavy atom. The monoisotopic (exact) mass is 373 g/mol. The topological polar surface area (TPSA) is 79.4 Å². The fourth-order valence-electron chi connectivity index (χ4n) is 3.13. The van der Waals surface area contributed by atoms with E-state index in [0.29, 0.717) is 12.0 Å². The van der Waals surface area contributed by atoms with Gasteiger partial charge in [0.05, 0.1) is 17.1 Å². The second kappa shape index (κ2) is 7.45. The number of benzene rings is 1. The van der Waals surface area contributed by atoms with Gasteiger partial charge >= 0.3 is 0 Å². The minimum atomic E-state index is -3.02. The molecule has 1 fully saturated rings. The molecule has 1 aliphatic rings. The number of aryl methyl sites for hydroxylation is 1. The molecule has 26 heavy (non-hydrogen) atoms. The van der Waals surface area contributed by atoms with Crippen LogP contribution in [0.1, 0.15) is 29.3 Å².